The lowest BCUT2D eigenvalue weighted by Crippen LogP contribution is -2.36. The highest BCUT2D eigenvalue weighted by Gasteiger charge is 2.25. The van der Waals surface area contributed by atoms with Crippen LogP contribution in [0.5, 0.6) is 0 Å². The standard InChI is InChI=1S/C15H24N2/c1-12(2)11-17-9-5-4-6-15(17)14-10-16-8-7-13(14)3/h7-8,10,12,15H,4-6,9,11H2,1-3H3/t15-/m0/s1. The maximum absolute atomic E-state index is 4.31. The van der Waals surface area contributed by atoms with E-state index in [1.54, 1.807) is 0 Å². The highest BCUT2D eigenvalue weighted by atomic mass is 15.2. The van der Waals surface area contributed by atoms with Crippen molar-refractivity contribution in [2.45, 2.75) is 46.1 Å². The molecule has 0 radical (unpaired) electrons. The fourth-order valence-corrected chi connectivity index (χ4v) is 2.86. The van der Waals surface area contributed by atoms with E-state index in [0.29, 0.717) is 6.04 Å². The number of likely N-dealkylation sites (tertiary alicyclic amines) is 1. The van der Waals surface area contributed by atoms with Gasteiger partial charge in [-0.2, -0.15) is 0 Å². The van der Waals surface area contributed by atoms with Crippen molar-refractivity contribution in [3.8, 4) is 0 Å². The third kappa shape index (κ3) is 3.06. The second-order valence-electron chi connectivity index (χ2n) is 5.63. The number of hydrogen-bond acceptors (Lipinski definition) is 2. The first kappa shape index (κ1) is 12.6. The first-order valence-electron chi connectivity index (χ1n) is 6.83. The van der Waals surface area contributed by atoms with Gasteiger partial charge in [0.15, 0.2) is 0 Å². The summed E-state index contributed by atoms with van der Waals surface area (Å²) in [6, 6.07) is 2.73. The smallest absolute Gasteiger partial charge is 0.0366 e. The van der Waals surface area contributed by atoms with Gasteiger partial charge in [-0.1, -0.05) is 20.3 Å². The Balaban J connectivity index is 2.19. The van der Waals surface area contributed by atoms with Crippen LogP contribution < -0.4 is 0 Å². The average Bonchev–Trinajstić information content (AvgIpc) is 2.30. The van der Waals surface area contributed by atoms with Crippen molar-refractivity contribution in [2.75, 3.05) is 13.1 Å². The zero-order chi connectivity index (χ0) is 12.3. The summed E-state index contributed by atoms with van der Waals surface area (Å²) in [5.41, 5.74) is 2.83. The Morgan fingerprint density at radius 2 is 2.24 bits per heavy atom. The third-order valence-corrected chi connectivity index (χ3v) is 3.65. The molecule has 0 amide bonds. The van der Waals surface area contributed by atoms with Gasteiger partial charge in [0.2, 0.25) is 0 Å². The monoisotopic (exact) mass is 232 g/mol. The molecule has 0 spiro atoms. The number of hydrogen-bond donors (Lipinski definition) is 0. The topological polar surface area (TPSA) is 16.1 Å². The maximum atomic E-state index is 4.31. The molecule has 17 heavy (non-hydrogen) atoms. The summed E-state index contributed by atoms with van der Waals surface area (Å²) in [4.78, 5) is 6.96. The van der Waals surface area contributed by atoms with Crippen LogP contribution in [-0.2, 0) is 0 Å². The molecule has 1 fully saturated rings. The summed E-state index contributed by atoms with van der Waals surface area (Å²) in [5, 5.41) is 0. The van der Waals surface area contributed by atoms with Gasteiger partial charge >= 0.3 is 0 Å². The van der Waals surface area contributed by atoms with E-state index >= 15 is 0 Å². The summed E-state index contributed by atoms with van der Waals surface area (Å²) in [6.45, 7) is 9.28. The number of piperidine rings is 1. The van der Waals surface area contributed by atoms with E-state index in [9.17, 15) is 0 Å². The minimum absolute atomic E-state index is 0.597. The molecule has 1 aliphatic heterocycles. The zero-order valence-electron chi connectivity index (χ0n) is 11.3. The fraction of sp³-hybridized carbons (Fsp3) is 0.667. The fourth-order valence-electron chi connectivity index (χ4n) is 2.86. The Morgan fingerprint density at radius 3 is 2.94 bits per heavy atom. The molecule has 2 heterocycles. The molecular formula is C15H24N2. The molecule has 1 aliphatic rings. The highest BCUT2D eigenvalue weighted by Crippen LogP contribution is 2.32. The summed E-state index contributed by atoms with van der Waals surface area (Å²) < 4.78 is 0. The van der Waals surface area contributed by atoms with Crippen molar-refractivity contribution in [2.24, 2.45) is 5.92 Å². The molecule has 0 saturated carbocycles. The van der Waals surface area contributed by atoms with Crippen LogP contribution in [0, 0.1) is 12.8 Å². The van der Waals surface area contributed by atoms with Gasteiger partial charge in [0.25, 0.3) is 0 Å². The minimum Gasteiger partial charge on any atom is -0.296 e. The van der Waals surface area contributed by atoms with E-state index in [4.69, 9.17) is 0 Å². The van der Waals surface area contributed by atoms with E-state index in [1.807, 2.05) is 6.20 Å². The minimum atomic E-state index is 0.597. The number of rotatable bonds is 3. The predicted molar refractivity (Wildman–Crippen MR) is 72.0 cm³/mol. The zero-order valence-corrected chi connectivity index (χ0v) is 11.3. The molecule has 0 bridgehead atoms. The van der Waals surface area contributed by atoms with E-state index in [0.717, 1.165) is 5.92 Å². The van der Waals surface area contributed by atoms with Crippen LogP contribution in [0.25, 0.3) is 0 Å². The van der Waals surface area contributed by atoms with Crippen molar-refractivity contribution in [1.82, 2.24) is 9.88 Å². The molecule has 1 saturated heterocycles. The summed E-state index contributed by atoms with van der Waals surface area (Å²) >= 11 is 0. The number of nitrogens with zero attached hydrogens (tertiary/aromatic N) is 2. The molecule has 2 heteroatoms. The van der Waals surface area contributed by atoms with E-state index in [2.05, 4.69) is 42.9 Å². The molecule has 1 aromatic rings. The second kappa shape index (κ2) is 5.63. The van der Waals surface area contributed by atoms with Crippen LogP contribution in [0.1, 0.15) is 50.3 Å². The van der Waals surface area contributed by atoms with Gasteiger partial charge in [0, 0.05) is 25.0 Å². The van der Waals surface area contributed by atoms with Gasteiger partial charge in [-0.3, -0.25) is 9.88 Å². The molecule has 2 rings (SSSR count). The first-order chi connectivity index (χ1) is 8.18. The largest absolute Gasteiger partial charge is 0.296 e. The van der Waals surface area contributed by atoms with Crippen molar-refractivity contribution in [3.63, 3.8) is 0 Å². The number of aromatic nitrogens is 1. The van der Waals surface area contributed by atoms with Crippen LogP contribution in [0.2, 0.25) is 0 Å². The van der Waals surface area contributed by atoms with Gasteiger partial charge < -0.3 is 0 Å². The molecule has 1 atom stereocenters. The quantitative estimate of drug-likeness (QED) is 0.792. The number of pyridine rings is 1. The van der Waals surface area contributed by atoms with Crippen molar-refractivity contribution in [3.05, 3.63) is 29.6 Å². The Kier molecular flexibility index (Phi) is 4.16. The lowest BCUT2D eigenvalue weighted by Gasteiger charge is -2.37. The molecule has 0 aliphatic carbocycles. The average molecular weight is 232 g/mol. The molecule has 0 N–H and O–H groups in total. The Bertz CT molecular complexity index is 360. The van der Waals surface area contributed by atoms with Gasteiger partial charge in [0.1, 0.15) is 0 Å². The summed E-state index contributed by atoms with van der Waals surface area (Å²) in [6.07, 6.45) is 7.96. The number of aryl methyl sites for hydroxylation is 1. The molecular weight excluding hydrogens is 208 g/mol. The third-order valence-electron chi connectivity index (χ3n) is 3.65. The molecule has 94 valence electrons. The van der Waals surface area contributed by atoms with Crippen molar-refractivity contribution in [1.29, 1.82) is 0 Å². The van der Waals surface area contributed by atoms with Crippen LogP contribution in [0.3, 0.4) is 0 Å². The van der Waals surface area contributed by atoms with Crippen LogP contribution in [0.15, 0.2) is 18.5 Å². The Labute approximate surface area is 105 Å². The van der Waals surface area contributed by atoms with E-state index < -0.39 is 0 Å². The molecule has 0 unspecified atom stereocenters. The summed E-state index contributed by atoms with van der Waals surface area (Å²) in [7, 11) is 0. The Hall–Kier alpha value is -0.890. The van der Waals surface area contributed by atoms with Crippen molar-refractivity contribution < 1.29 is 0 Å². The molecule has 0 aromatic carbocycles. The van der Waals surface area contributed by atoms with Crippen LogP contribution in [-0.4, -0.2) is 23.0 Å². The maximum Gasteiger partial charge on any atom is 0.0366 e. The van der Waals surface area contributed by atoms with Gasteiger partial charge in [-0.05, 0) is 49.4 Å². The van der Waals surface area contributed by atoms with Gasteiger partial charge in [-0.15, -0.1) is 0 Å². The molecule has 1 aromatic heterocycles. The van der Waals surface area contributed by atoms with Crippen molar-refractivity contribution >= 4 is 0 Å². The van der Waals surface area contributed by atoms with E-state index in [-0.39, 0.29) is 0 Å². The summed E-state index contributed by atoms with van der Waals surface area (Å²) in [5.74, 6) is 0.743. The van der Waals surface area contributed by atoms with Crippen LogP contribution >= 0.6 is 0 Å². The Morgan fingerprint density at radius 1 is 1.41 bits per heavy atom. The first-order valence-corrected chi connectivity index (χ1v) is 6.83. The molecule has 2 nitrogen and oxygen atoms in total. The van der Waals surface area contributed by atoms with Gasteiger partial charge in [-0.25, -0.2) is 0 Å². The highest BCUT2D eigenvalue weighted by molar-refractivity contribution is 5.25. The SMILES string of the molecule is Cc1ccncc1[C@@H]1CCCCN1CC(C)C. The van der Waals surface area contributed by atoms with Gasteiger partial charge in [0.05, 0.1) is 0 Å². The second-order valence-corrected chi connectivity index (χ2v) is 5.63. The lowest BCUT2D eigenvalue weighted by atomic mass is 9.93. The predicted octanol–water partition coefficient (Wildman–Crippen LogP) is 3.57. The normalized spacial score (nSPS) is 22.0. The lowest BCUT2D eigenvalue weighted by molar-refractivity contribution is 0.131. The van der Waals surface area contributed by atoms with Crippen LogP contribution in [0.4, 0.5) is 0 Å². The van der Waals surface area contributed by atoms with E-state index in [1.165, 1.54) is 43.5 Å².